The number of aromatic amines is 1. The average Bonchev–Trinajstić information content (AvgIpc) is 2.17. The van der Waals surface area contributed by atoms with Gasteiger partial charge in [0.15, 0.2) is 5.43 Å². The maximum absolute atomic E-state index is 11.6. The lowest BCUT2D eigenvalue weighted by Crippen LogP contribution is -2.09. The number of carboxylic acid groups (broad SMARTS) is 1. The van der Waals surface area contributed by atoms with Crippen molar-refractivity contribution in [2.75, 3.05) is 0 Å². The minimum Gasteiger partial charge on any atom is -0.477 e. The van der Waals surface area contributed by atoms with Crippen molar-refractivity contribution in [1.29, 1.82) is 0 Å². The molecule has 1 heterocycles. The molecule has 0 saturated heterocycles. The zero-order chi connectivity index (χ0) is 11.0. The van der Waals surface area contributed by atoms with E-state index in [9.17, 15) is 9.59 Å². The molecule has 0 unspecified atom stereocenters. The van der Waals surface area contributed by atoms with Gasteiger partial charge in [-0.2, -0.15) is 0 Å². The van der Waals surface area contributed by atoms with Gasteiger partial charge in [0.05, 0.1) is 10.9 Å². The maximum Gasteiger partial charge on any atom is 0.352 e. The van der Waals surface area contributed by atoms with Crippen LogP contribution in [-0.2, 0) is 0 Å². The third-order valence-corrected chi connectivity index (χ3v) is 2.70. The summed E-state index contributed by atoms with van der Waals surface area (Å²) in [4.78, 5) is 25.0. The van der Waals surface area contributed by atoms with Gasteiger partial charge in [-0.05, 0) is 28.1 Å². The van der Waals surface area contributed by atoms with Gasteiger partial charge in [-0.3, -0.25) is 4.79 Å². The summed E-state index contributed by atoms with van der Waals surface area (Å²) in [5.41, 5.74) is 0.0912. The number of pyridine rings is 1. The third-order valence-electron chi connectivity index (χ3n) is 2.04. The molecule has 0 aliphatic heterocycles. The first-order valence-corrected chi connectivity index (χ1v) is 4.94. The van der Waals surface area contributed by atoms with Crippen molar-refractivity contribution in [2.45, 2.75) is 0 Å². The summed E-state index contributed by atoms with van der Waals surface area (Å²) in [6, 6.07) is 6.20. The fourth-order valence-corrected chi connectivity index (χ4v) is 1.94. The second-order valence-electron chi connectivity index (χ2n) is 3.01. The maximum atomic E-state index is 11.6. The van der Waals surface area contributed by atoms with Gasteiger partial charge in [-0.15, -0.1) is 0 Å². The van der Waals surface area contributed by atoms with Crippen LogP contribution in [0.1, 0.15) is 10.5 Å². The number of aromatic carboxylic acids is 1. The number of carboxylic acids is 1. The first-order chi connectivity index (χ1) is 7.09. The highest BCUT2D eigenvalue weighted by Gasteiger charge is 2.09. The van der Waals surface area contributed by atoms with Crippen molar-refractivity contribution in [1.82, 2.24) is 4.98 Å². The van der Waals surface area contributed by atoms with Crippen LogP contribution in [0, 0.1) is 0 Å². The van der Waals surface area contributed by atoms with Crippen LogP contribution >= 0.6 is 15.9 Å². The van der Waals surface area contributed by atoms with E-state index in [4.69, 9.17) is 5.11 Å². The number of nitrogens with one attached hydrogen (secondary N) is 1. The molecule has 0 aliphatic rings. The predicted octanol–water partition coefficient (Wildman–Crippen LogP) is 1.99. The lowest BCUT2D eigenvalue weighted by molar-refractivity contribution is 0.0691. The molecule has 5 heteroatoms. The molecular weight excluding hydrogens is 262 g/mol. The first-order valence-electron chi connectivity index (χ1n) is 4.14. The number of halogens is 1. The number of benzene rings is 1. The van der Waals surface area contributed by atoms with Crippen LogP contribution in [0.25, 0.3) is 10.9 Å². The van der Waals surface area contributed by atoms with Crippen molar-refractivity contribution in [3.8, 4) is 0 Å². The highest BCUT2D eigenvalue weighted by molar-refractivity contribution is 9.10. The molecule has 4 nitrogen and oxygen atoms in total. The number of carbonyl (C=O) groups is 1. The zero-order valence-corrected chi connectivity index (χ0v) is 9.04. The Kier molecular flexibility index (Phi) is 2.32. The molecular formula is C10H6BrNO3. The van der Waals surface area contributed by atoms with Crippen molar-refractivity contribution in [3.63, 3.8) is 0 Å². The predicted molar refractivity (Wildman–Crippen MR) is 59.2 cm³/mol. The minimum absolute atomic E-state index is 0.106. The summed E-state index contributed by atoms with van der Waals surface area (Å²) >= 11 is 3.24. The Morgan fingerprint density at radius 1 is 1.40 bits per heavy atom. The lowest BCUT2D eigenvalue weighted by Gasteiger charge is -2.01. The number of aromatic nitrogens is 1. The van der Waals surface area contributed by atoms with E-state index in [2.05, 4.69) is 20.9 Å². The molecule has 2 N–H and O–H groups in total. The van der Waals surface area contributed by atoms with E-state index >= 15 is 0 Å². The quantitative estimate of drug-likeness (QED) is 0.830. The summed E-state index contributed by atoms with van der Waals surface area (Å²) in [7, 11) is 0. The first kappa shape index (κ1) is 9.92. The van der Waals surface area contributed by atoms with E-state index in [0.29, 0.717) is 15.4 Å². The summed E-state index contributed by atoms with van der Waals surface area (Å²) in [5, 5.41) is 9.22. The molecule has 2 aromatic rings. The Balaban J connectivity index is 2.91. The van der Waals surface area contributed by atoms with Gasteiger partial charge in [-0.25, -0.2) is 4.79 Å². The van der Waals surface area contributed by atoms with Crippen LogP contribution in [-0.4, -0.2) is 16.1 Å². The normalized spacial score (nSPS) is 10.5. The Morgan fingerprint density at radius 3 is 2.80 bits per heavy atom. The van der Waals surface area contributed by atoms with Gasteiger partial charge in [-0.1, -0.05) is 6.07 Å². The molecule has 0 atom stereocenters. The monoisotopic (exact) mass is 267 g/mol. The topological polar surface area (TPSA) is 70.2 Å². The average molecular weight is 268 g/mol. The van der Waals surface area contributed by atoms with Gasteiger partial charge in [0.2, 0.25) is 0 Å². The second kappa shape index (κ2) is 3.51. The van der Waals surface area contributed by atoms with Gasteiger partial charge >= 0.3 is 5.97 Å². The summed E-state index contributed by atoms with van der Waals surface area (Å²) < 4.78 is 0.651. The molecule has 76 valence electrons. The number of H-pyrrole nitrogens is 1. The van der Waals surface area contributed by atoms with Gasteiger partial charge in [0.1, 0.15) is 5.69 Å². The Hall–Kier alpha value is -1.62. The highest BCUT2D eigenvalue weighted by Crippen LogP contribution is 2.19. The zero-order valence-electron chi connectivity index (χ0n) is 7.45. The van der Waals surface area contributed by atoms with Gasteiger partial charge in [0, 0.05) is 10.5 Å². The summed E-state index contributed by atoms with van der Waals surface area (Å²) in [6.45, 7) is 0. The molecule has 0 radical (unpaired) electrons. The van der Waals surface area contributed by atoms with E-state index < -0.39 is 5.97 Å². The van der Waals surface area contributed by atoms with Crippen LogP contribution in [0.5, 0.6) is 0 Å². The number of hydrogen-bond acceptors (Lipinski definition) is 2. The van der Waals surface area contributed by atoms with Crippen LogP contribution in [0.4, 0.5) is 0 Å². The number of rotatable bonds is 1. The van der Waals surface area contributed by atoms with Crippen molar-refractivity contribution >= 4 is 32.8 Å². The largest absolute Gasteiger partial charge is 0.477 e. The third kappa shape index (κ3) is 1.66. The molecule has 0 fully saturated rings. The number of hydrogen-bond donors (Lipinski definition) is 2. The van der Waals surface area contributed by atoms with Crippen molar-refractivity contribution < 1.29 is 9.90 Å². The Labute approximate surface area is 92.7 Å². The van der Waals surface area contributed by atoms with Crippen LogP contribution < -0.4 is 5.43 Å². The minimum atomic E-state index is -1.14. The van der Waals surface area contributed by atoms with Crippen molar-refractivity contribution in [3.05, 3.63) is 44.7 Å². The molecule has 2 rings (SSSR count). The Bertz CT molecular complexity index is 603. The van der Waals surface area contributed by atoms with Gasteiger partial charge in [0.25, 0.3) is 0 Å². The molecule has 1 aromatic carbocycles. The van der Waals surface area contributed by atoms with Crippen molar-refractivity contribution in [2.24, 2.45) is 0 Å². The molecule has 0 aliphatic carbocycles. The van der Waals surface area contributed by atoms with E-state index in [1.165, 1.54) is 0 Å². The molecule has 15 heavy (non-hydrogen) atoms. The lowest BCUT2D eigenvalue weighted by atomic mass is 10.2. The number of fused-ring (bicyclic) bond motifs is 1. The van der Waals surface area contributed by atoms with E-state index in [1.54, 1.807) is 18.2 Å². The molecule has 0 saturated carbocycles. The molecule has 0 bridgehead atoms. The second-order valence-corrected chi connectivity index (χ2v) is 3.87. The Morgan fingerprint density at radius 2 is 2.13 bits per heavy atom. The van der Waals surface area contributed by atoms with Crippen LogP contribution in [0.15, 0.2) is 33.5 Å². The van der Waals surface area contributed by atoms with Crippen LogP contribution in [0.3, 0.4) is 0 Å². The molecule has 0 amide bonds. The SMILES string of the molecule is O=C(O)c1cc(=O)c2c(Br)cccc2[nH]1. The van der Waals surface area contributed by atoms with Gasteiger partial charge < -0.3 is 10.1 Å². The molecule has 1 aromatic heterocycles. The smallest absolute Gasteiger partial charge is 0.352 e. The van der Waals surface area contributed by atoms with E-state index in [1.807, 2.05) is 0 Å². The summed E-state index contributed by atoms with van der Waals surface area (Å²) in [6.07, 6.45) is 0. The fraction of sp³-hybridized carbons (Fsp3) is 0. The van der Waals surface area contributed by atoms with E-state index in [0.717, 1.165) is 6.07 Å². The standard InChI is InChI=1S/C10H6BrNO3/c11-5-2-1-3-6-9(5)8(13)4-7(12-6)10(14)15/h1-4H,(H,12,13)(H,14,15). The van der Waals surface area contributed by atoms with E-state index in [-0.39, 0.29) is 11.1 Å². The fourth-order valence-electron chi connectivity index (χ4n) is 1.38. The van der Waals surface area contributed by atoms with Crippen LogP contribution in [0.2, 0.25) is 0 Å². The highest BCUT2D eigenvalue weighted by atomic mass is 79.9. The molecule has 0 spiro atoms. The summed E-state index contributed by atoms with van der Waals surface area (Å²) in [5.74, 6) is -1.14.